The van der Waals surface area contributed by atoms with Gasteiger partial charge in [0.1, 0.15) is 0 Å². The van der Waals surface area contributed by atoms with Crippen LogP contribution < -0.4 is 5.32 Å². The monoisotopic (exact) mass is 237 g/mol. The van der Waals surface area contributed by atoms with Crippen LogP contribution in [0.5, 0.6) is 0 Å². The first-order chi connectivity index (χ1) is 5.66. The predicted octanol–water partition coefficient (Wildman–Crippen LogP) is 2.95. The Bertz CT molecular complexity index is 130. The number of hydrogen-bond donors (Lipinski definition) is 2. The van der Waals surface area contributed by atoms with Gasteiger partial charge in [-0.25, -0.2) is 4.79 Å². The summed E-state index contributed by atoms with van der Waals surface area (Å²) in [7, 11) is 0. The Balaban J connectivity index is 3.19. The lowest BCUT2D eigenvalue weighted by molar-refractivity contribution is 0.193. The first-order valence-electron chi connectivity index (χ1n) is 4.30. The number of unbranched alkanes of at least 4 members (excludes halogenated alkanes) is 3. The van der Waals surface area contributed by atoms with Gasteiger partial charge in [0.05, 0.1) is 4.95 Å². The van der Waals surface area contributed by atoms with Gasteiger partial charge in [-0.05, 0) is 6.42 Å². The van der Waals surface area contributed by atoms with Crippen molar-refractivity contribution in [2.45, 2.75) is 44.0 Å². The lowest BCUT2D eigenvalue weighted by atomic mass is 10.1. The molecule has 1 unspecified atom stereocenters. The summed E-state index contributed by atoms with van der Waals surface area (Å²) in [5.74, 6) is 0. The summed E-state index contributed by atoms with van der Waals surface area (Å²) in [4.78, 5) is 10.1. The van der Waals surface area contributed by atoms with Crippen molar-refractivity contribution in [1.29, 1.82) is 0 Å². The Kier molecular flexibility index (Phi) is 7.25. The molecule has 1 atom stereocenters. The van der Waals surface area contributed by atoms with Crippen LogP contribution >= 0.6 is 15.9 Å². The molecule has 0 aliphatic heterocycles. The summed E-state index contributed by atoms with van der Waals surface area (Å²) >= 11 is 3.24. The van der Waals surface area contributed by atoms with Crippen molar-refractivity contribution >= 4 is 22.0 Å². The largest absolute Gasteiger partial charge is 0.465 e. The van der Waals surface area contributed by atoms with Gasteiger partial charge in [-0.3, -0.25) is 0 Å². The summed E-state index contributed by atoms with van der Waals surface area (Å²) in [5.41, 5.74) is 0. The number of carboxylic acid groups (broad SMARTS) is 1. The Morgan fingerprint density at radius 3 is 2.67 bits per heavy atom. The van der Waals surface area contributed by atoms with E-state index in [2.05, 4.69) is 28.2 Å². The molecule has 0 rings (SSSR count). The van der Waals surface area contributed by atoms with Crippen molar-refractivity contribution in [2.75, 3.05) is 0 Å². The highest BCUT2D eigenvalue weighted by Gasteiger charge is 2.05. The molecule has 0 saturated carbocycles. The zero-order valence-electron chi connectivity index (χ0n) is 7.35. The Labute approximate surface area is 81.7 Å². The van der Waals surface area contributed by atoms with Gasteiger partial charge in [-0.15, -0.1) is 0 Å². The molecule has 1 amide bonds. The van der Waals surface area contributed by atoms with E-state index in [1.54, 1.807) is 0 Å². The quantitative estimate of drug-likeness (QED) is 0.424. The third-order valence-electron chi connectivity index (χ3n) is 1.59. The molecule has 0 saturated heterocycles. The second-order valence-electron chi connectivity index (χ2n) is 2.77. The van der Waals surface area contributed by atoms with Crippen molar-refractivity contribution in [3.63, 3.8) is 0 Å². The molecule has 12 heavy (non-hydrogen) atoms. The molecule has 3 nitrogen and oxygen atoms in total. The summed E-state index contributed by atoms with van der Waals surface area (Å²) in [6, 6.07) is 0. The molecule has 72 valence electrons. The molecular weight excluding hydrogens is 222 g/mol. The van der Waals surface area contributed by atoms with Crippen molar-refractivity contribution in [1.82, 2.24) is 5.32 Å². The van der Waals surface area contributed by atoms with Crippen LogP contribution in [0.3, 0.4) is 0 Å². The first-order valence-corrected chi connectivity index (χ1v) is 5.22. The lowest BCUT2D eigenvalue weighted by Gasteiger charge is -2.08. The number of hydrogen-bond acceptors (Lipinski definition) is 1. The van der Waals surface area contributed by atoms with Gasteiger partial charge in [0, 0.05) is 0 Å². The molecule has 0 heterocycles. The van der Waals surface area contributed by atoms with Gasteiger partial charge in [0.15, 0.2) is 0 Å². The van der Waals surface area contributed by atoms with E-state index in [9.17, 15) is 4.79 Å². The fourth-order valence-corrected chi connectivity index (χ4v) is 1.48. The highest BCUT2D eigenvalue weighted by Crippen LogP contribution is 2.09. The Morgan fingerprint density at radius 1 is 1.50 bits per heavy atom. The van der Waals surface area contributed by atoms with Crippen LogP contribution in [0.15, 0.2) is 0 Å². The minimum atomic E-state index is -0.965. The molecule has 0 fully saturated rings. The molecule has 0 aliphatic rings. The SMILES string of the molecule is CCCCCCC(Br)NC(=O)O. The molecule has 0 bridgehead atoms. The maximum absolute atomic E-state index is 10.2. The lowest BCUT2D eigenvalue weighted by Crippen LogP contribution is -2.28. The van der Waals surface area contributed by atoms with Gasteiger partial charge in [-0.2, -0.15) is 0 Å². The van der Waals surface area contributed by atoms with Gasteiger partial charge < -0.3 is 10.4 Å². The minimum Gasteiger partial charge on any atom is -0.465 e. The van der Waals surface area contributed by atoms with E-state index in [4.69, 9.17) is 5.11 Å². The fraction of sp³-hybridized carbons (Fsp3) is 0.875. The fourth-order valence-electron chi connectivity index (χ4n) is 0.956. The van der Waals surface area contributed by atoms with Gasteiger partial charge in [-0.1, -0.05) is 48.5 Å². The van der Waals surface area contributed by atoms with Crippen LogP contribution in [0.4, 0.5) is 4.79 Å². The maximum atomic E-state index is 10.2. The van der Waals surface area contributed by atoms with E-state index in [0.29, 0.717) is 0 Å². The molecular formula is C8H16BrNO2. The normalized spacial score (nSPS) is 12.5. The average Bonchev–Trinajstić information content (AvgIpc) is 1.97. The number of carbonyl (C=O) groups is 1. The third kappa shape index (κ3) is 7.85. The Hall–Kier alpha value is -0.250. The molecule has 0 spiro atoms. The second kappa shape index (κ2) is 7.40. The molecule has 0 aromatic carbocycles. The van der Waals surface area contributed by atoms with E-state index in [1.165, 1.54) is 19.3 Å². The van der Waals surface area contributed by atoms with E-state index in [-0.39, 0.29) is 4.95 Å². The van der Waals surface area contributed by atoms with E-state index in [1.807, 2.05) is 0 Å². The first kappa shape index (κ1) is 11.8. The summed E-state index contributed by atoms with van der Waals surface area (Å²) in [5, 5.41) is 10.7. The van der Waals surface area contributed by atoms with Crippen LogP contribution in [0, 0.1) is 0 Å². The van der Waals surface area contributed by atoms with Crippen LogP contribution in [-0.2, 0) is 0 Å². The molecule has 0 radical (unpaired) electrons. The molecule has 4 heteroatoms. The zero-order chi connectivity index (χ0) is 9.40. The number of rotatable bonds is 6. The standard InChI is InChI=1S/C8H16BrNO2/c1-2-3-4-5-6-7(9)10-8(11)12/h7,10H,2-6H2,1H3,(H,11,12). The topological polar surface area (TPSA) is 49.3 Å². The van der Waals surface area contributed by atoms with E-state index in [0.717, 1.165) is 12.8 Å². The second-order valence-corrected chi connectivity index (χ2v) is 3.87. The summed E-state index contributed by atoms with van der Waals surface area (Å²) in [6.45, 7) is 2.15. The Morgan fingerprint density at radius 2 is 2.17 bits per heavy atom. The van der Waals surface area contributed by atoms with E-state index >= 15 is 0 Å². The number of nitrogens with one attached hydrogen (secondary N) is 1. The number of halogens is 1. The predicted molar refractivity (Wildman–Crippen MR) is 52.6 cm³/mol. The highest BCUT2D eigenvalue weighted by atomic mass is 79.9. The van der Waals surface area contributed by atoms with Gasteiger partial charge >= 0.3 is 6.09 Å². The molecule has 2 N–H and O–H groups in total. The number of alkyl halides is 1. The zero-order valence-corrected chi connectivity index (χ0v) is 8.93. The average molecular weight is 238 g/mol. The van der Waals surface area contributed by atoms with Crippen LogP contribution in [0.1, 0.15) is 39.0 Å². The summed E-state index contributed by atoms with van der Waals surface area (Å²) in [6.07, 6.45) is 4.59. The molecule has 0 aliphatic carbocycles. The van der Waals surface area contributed by atoms with Crippen LogP contribution in [0.2, 0.25) is 0 Å². The van der Waals surface area contributed by atoms with Crippen molar-refractivity contribution in [3.8, 4) is 0 Å². The summed E-state index contributed by atoms with van der Waals surface area (Å²) < 4.78 is 0. The van der Waals surface area contributed by atoms with Crippen molar-refractivity contribution < 1.29 is 9.90 Å². The minimum absolute atomic E-state index is 0.0909. The molecule has 0 aromatic rings. The maximum Gasteiger partial charge on any atom is 0.405 e. The van der Waals surface area contributed by atoms with Crippen molar-refractivity contribution in [3.05, 3.63) is 0 Å². The number of amides is 1. The molecule has 0 aromatic heterocycles. The smallest absolute Gasteiger partial charge is 0.405 e. The van der Waals surface area contributed by atoms with Gasteiger partial charge in [0.25, 0.3) is 0 Å². The van der Waals surface area contributed by atoms with E-state index < -0.39 is 6.09 Å². The van der Waals surface area contributed by atoms with Crippen molar-refractivity contribution in [2.24, 2.45) is 0 Å². The highest BCUT2D eigenvalue weighted by molar-refractivity contribution is 9.09. The third-order valence-corrected chi connectivity index (χ3v) is 2.28. The van der Waals surface area contributed by atoms with Crippen LogP contribution in [-0.4, -0.2) is 16.2 Å². The van der Waals surface area contributed by atoms with Crippen LogP contribution in [0.25, 0.3) is 0 Å². The van der Waals surface area contributed by atoms with Gasteiger partial charge in [0.2, 0.25) is 0 Å².